The fraction of sp³-hybridized carbons (Fsp3) is 0.368. The maximum atomic E-state index is 6.31. The fourth-order valence-corrected chi connectivity index (χ4v) is 3.54. The second-order valence-electron chi connectivity index (χ2n) is 6.17. The molecule has 1 heterocycles. The van der Waals surface area contributed by atoms with Crippen LogP contribution in [-0.2, 0) is 6.54 Å². The van der Waals surface area contributed by atoms with Gasteiger partial charge in [-0.15, -0.1) is 0 Å². The summed E-state index contributed by atoms with van der Waals surface area (Å²) in [5, 5.41) is 0.849. The highest BCUT2D eigenvalue weighted by atomic mass is 35.5. The lowest BCUT2D eigenvalue weighted by Gasteiger charge is -2.34. The van der Waals surface area contributed by atoms with Crippen molar-refractivity contribution in [1.29, 1.82) is 0 Å². The predicted molar refractivity (Wildman–Crippen MR) is 95.8 cm³/mol. The van der Waals surface area contributed by atoms with Crippen molar-refractivity contribution in [2.75, 3.05) is 38.2 Å². The van der Waals surface area contributed by atoms with E-state index >= 15 is 0 Å². The van der Waals surface area contributed by atoms with E-state index in [4.69, 9.17) is 16.3 Å². The van der Waals surface area contributed by atoms with Gasteiger partial charge in [0.1, 0.15) is 12.3 Å². The summed E-state index contributed by atoms with van der Waals surface area (Å²) in [6.45, 7) is 7.54. The van der Waals surface area contributed by atoms with E-state index in [0.29, 0.717) is 0 Å². The van der Waals surface area contributed by atoms with Crippen molar-refractivity contribution in [3.63, 3.8) is 0 Å². The predicted octanol–water partition coefficient (Wildman–Crippen LogP) is 2.56. The van der Waals surface area contributed by atoms with Crippen molar-refractivity contribution in [2.45, 2.75) is 13.5 Å². The molecular formula is C19H24ClN2O+. The van der Waals surface area contributed by atoms with Crippen molar-refractivity contribution in [3.05, 3.63) is 58.6 Å². The number of quaternary nitrogens is 1. The second-order valence-corrected chi connectivity index (χ2v) is 6.58. The average molecular weight is 332 g/mol. The molecule has 2 aromatic rings. The minimum atomic E-state index is 0.849. The molecule has 0 bridgehead atoms. The van der Waals surface area contributed by atoms with E-state index < -0.39 is 0 Å². The Morgan fingerprint density at radius 3 is 2.52 bits per heavy atom. The summed E-state index contributed by atoms with van der Waals surface area (Å²) in [6, 6.07) is 14.6. The number of methoxy groups -OCH3 is 1. The maximum absolute atomic E-state index is 6.31. The number of piperazine rings is 1. The molecule has 0 unspecified atom stereocenters. The first-order valence-corrected chi connectivity index (χ1v) is 8.51. The Kier molecular flexibility index (Phi) is 5.09. The largest absolute Gasteiger partial charge is 0.496 e. The number of para-hydroxylation sites is 1. The molecule has 0 amide bonds. The third-order valence-corrected chi connectivity index (χ3v) is 4.90. The van der Waals surface area contributed by atoms with Crippen LogP contribution in [0, 0.1) is 6.92 Å². The topological polar surface area (TPSA) is 16.9 Å². The Balaban J connectivity index is 1.59. The molecular weight excluding hydrogens is 308 g/mol. The minimum absolute atomic E-state index is 0.849. The highest BCUT2D eigenvalue weighted by Gasteiger charge is 2.21. The van der Waals surface area contributed by atoms with Gasteiger partial charge in [0, 0.05) is 5.56 Å². The minimum Gasteiger partial charge on any atom is -0.496 e. The number of hydrogen-bond donors (Lipinski definition) is 1. The molecule has 2 aromatic carbocycles. The molecule has 4 heteroatoms. The van der Waals surface area contributed by atoms with Crippen LogP contribution in [0.25, 0.3) is 0 Å². The quantitative estimate of drug-likeness (QED) is 0.927. The summed E-state index contributed by atoms with van der Waals surface area (Å²) in [6.07, 6.45) is 0. The summed E-state index contributed by atoms with van der Waals surface area (Å²) in [4.78, 5) is 4.02. The molecule has 1 fully saturated rings. The second kappa shape index (κ2) is 7.24. The Labute approximate surface area is 143 Å². The Morgan fingerprint density at radius 2 is 1.87 bits per heavy atom. The number of anilines is 1. The monoisotopic (exact) mass is 331 g/mol. The van der Waals surface area contributed by atoms with Crippen LogP contribution >= 0.6 is 11.6 Å². The summed E-state index contributed by atoms with van der Waals surface area (Å²) >= 11 is 6.31. The van der Waals surface area contributed by atoms with Crippen LogP contribution in [0.5, 0.6) is 5.75 Å². The molecule has 0 radical (unpaired) electrons. The molecule has 3 rings (SSSR count). The van der Waals surface area contributed by atoms with Gasteiger partial charge < -0.3 is 14.5 Å². The summed E-state index contributed by atoms with van der Waals surface area (Å²) in [7, 11) is 1.72. The number of nitrogens with zero attached hydrogens (tertiary/aromatic N) is 1. The first-order chi connectivity index (χ1) is 11.2. The van der Waals surface area contributed by atoms with E-state index in [1.54, 1.807) is 12.0 Å². The Bertz CT molecular complexity index is 666. The van der Waals surface area contributed by atoms with Crippen LogP contribution in [-0.4, -0.2) is 33.3 Å². The van der Waals surface area contributed by atoms with Crippen LogP contribution in [0.2, 0.25) is 5.02 Å². The lowest BCUT2D eigenvalue weighted by atomic mass is 10.1. The van der Waals surface area contributed by atoms with Gasteiger partial charge in [0.15, 0.2) is 0 Å². The van der Waals surface area contributed by atoms with E-state index in [2.05, 4.69) is 42.2 Å². The van der Waals surface area contributed by atoms with Crippen LogP contribution in [0.15, 0.2) is 42.5 Å². The number of nitrogens with one attached hydrogen (secondary N) is 1. The van der Waals surface area contributed by atoms with Crippen molar-refractivity contribution >= 4 is 17.3 Å². The van der Waals surface area contributed by atoms with Crippen molar-refractivity contribution in [1.82, 2.24) is 0 Å². The Morgan fingerprint density at radius 1 is 1.13 bits per heavy atom. The Hall–Kier alpha value is -1.71. The van der Waals surface area contributed by atoms with Gasteiger partial charge in [-0.05, 0) is 42.8 Å². The van der Waals surface area contributed by atoms with E-state index in [1.165, 1.54) is 11.1 Å². The van der Waals surface area contributed by atoms with Gasteiger partial charge in [-0.25, -0.2) is 0 Å². The van der Waals surface area contributed by atoms with E-state index in [9.17, 15) is 0 Å². The number of rotatable bonds is 4. The molecule has 0 saturated carbocycles. The van der Waals surface area contributed by atoms with Gasteiger partial charge in [0.2, 0.25) is 0 Å². The molecule has 0 aliphatic carbocycles. The molecule has 1 N–H and O–H groups in total. The number of aryl methyl sites for hydroxylation is 1. The number of hydrogen-bond acceptors (Lipinski definition) is 2. The van der Waals surface area contributed by atoms with Crippen molar-refractivity contribution in [2.24, 2.45) is 0 Å². The standard InChI is InChI=1S/C19H23ClN2O/c1-15-13-16(7-8-19(15)23-2)14-21-9-11-22(12-10-21)18-6-4-3-5-17(18)20/h3-8,13H,9-12,14H2,1-2H3/p+1. The van der Waals surface area contributed by atoms with Crippen molar-refractivity contribution < 1.29 is 9.64 Å². The number of benzene rings is 2. The van der Waals surface area contributed by atoms with Gasteiger partial charge in [-0.1, -0.05) is 23.7 Å². The first kappa shape index (κ1) is 16.2. The molecule has 23 heavy (non-hydrogen) atoms. The van der Waals surface area contributed by atoms with E-state index in [0.717, 1.165) is 49.2 Å². The number of halogens is 1. The van der Waals surface area contributed by atoms with Gasteiger partial charge >= 0.3 is 0 Å². The summed E-state index contributed by atoms with van der Waals surface area (Å²) in [5.74, 6) is 0.965. The third kappa shape index (κ3) is 3.80. The zero-order chi connectivity index (χ0) is 16.2. The fourth-order valence-electron chi connectivity index (χ4n) is 3.29. The third-order valence-electron chi connectivity index (χ3n) is 4.58. The number of ether oxygens (including phenoxy) is 1. The van der Waals surface area contributed by atoms with Crippen LogP contribution in [0.3, 0.4) is 0 Å². The highest BCUT2D eigenvalue weighted by molar-refractivity contribution is 6.33. The van der Waals surface area contributed by atoms with E-state index in [-0.39, 0.29) is 0 Å². The molecule has 1 saturated heterocycles. The van der Waals surface area contributed by atoms with Gasteiger partial charge in [-0.3, -0.25) is 0 Å². The first-order valence-electron chi connectivity index (χ1n) is 8.14. The molecule has 0 aromatic heterocycles. The van der Waals surface area contributed by atoms with Gasteiger partial charge in [-0.2, -0.15) is 0 Å². The normalized spacial score (nSPS) is 15.7. The smallest absolute Gasteiger partial charge is 0.121 e. The van der Waals surface area contributed by atoms with Gasteiger partial charge in [0.05, 0.1) is 44.0 Å². The maximum Gasteiger partial charge on any atom is 0.121 e. The molecule has 1 aliphatic heterocycles. The molecule has 1 aliphatic rings. The molecule has 0 spiro atoms. The van der Waals surface area contributed by atoms with Crippen LogP contribution < -0.4 is 14.5 Å². The van der Waals surface area contributed by atoms with Crippen molar-refractivity contribution in [3.8, 4) is 5.75 Å². The zero-order valence-corrected chi connectivity index (χ0v) is 14.6. The van der Waals surface area contributed by atoms with Crippen LogP contribution in [0.4, 0.5) is 5.69 Å². The molecule has 3 nitrogen and oxygen atoms in total. The van der Waals surface area contributed by atoms with Gasteiger partial charge in [0.25, 0.3) is 0 Å². The zero-order valence-electron chi connectivity index (χ0n) is 13.8. The lowest BCUT2D eigenvalue weighted by Crippen LogP contribution is -3.13. The SMILES string of the molecule is COc1ccc(C[NH+]2CCN(c3ccccc3Cl)CC2)cc1C. The molecule has 0 atom stereocenters. The summed E-state index contributed by atoms with van der Waals surface area (Å²) < 4.78 is 5.34. The van der Waals surface area contributed by atoms with E-state index in [1.807, 2.05) is 12.1 Å². The lowest BCUT2D eigenvalue weighted by molar-refractivity contribution is -0.914. The summed E-state index contributed by atoms with van der Waals surface area (Å²) in [5.41, 5.74) is 3.75. The molecule has 122 valence electrons. The average Bonchev–Trinajstić information content (AvgIpc) is 2.56. The highest BCUT2D eigenvalue weighted by Crippen LogP contribution is 2.25. The van der Waals surface area contributed by atoms with Crippen LogP contribution in [0.1, 0.15) is 11.1 Å².